The fourth-order valence-corrected chi connectivity index (χ4v) is 3.70. The van der Waals surface area contributed by atoms with E-state index in [1.54, 1.807) is 31.0 Å². The Balaban J connectivity index is 1.67. The van der Waals surface area contributed by atoms with Gasteiger partial charge in [-0.3, -0.25) is 4.79 Å². The SMILES string of the molecule is C=CCn1c(CC(=O)Nc2cccc(OC)c2)nnc1SCc1ccc(Cl)cc1. The summed E-state index contributed by atoms with van der Waals surface area (Å²) in [6.07, 6.45) is 1.87. The molecule has 0 aliphatic rings. The largest absolute Gasteiger partial charge is 0.497 e. The van der Waals surface area contributed by atoms with Crippen molar-refractivity contribution in [1.82, 2.24) is 14.8 Å². The second-order valence-electron chi connectivity index (χ2n) is 6.17. The van der Waals surface area contributed by atoms with E-state index >= 15 is 0 Å². The van der Waals surface area contributed by atoms with Gasteiger partial charge in [0.2, 0.25) is 5.91 Å². The van der Waals surface area contributed by atoms with E-state index in [1.165, 1.54) is 0 Å². The molecule has 2 aromatic carbocycles. The molecule has 0 bridgehead atoms. The Bertz CT molecular complexity index is 989. The number of allylic oxidation sites excluding steroid dienone is 1. The van der Waals surface area contributed by atoms with Gasteiger partial charge < -0.3 is 14.6 Å². The number of aromatic nitrogens is 3. The zero-order valence-corrected chi connectivity index (χ0v) is 17.5. The Kier molecular flexibility index (Phi) is 7.32. The zero-order valence-electron chi connectivity index (χ0n) is 16.0. The van der Waals surface area contributed by atoms with E-state index < -0.39 is 0 Å². The first-order valence-electron chi connectivity index (χ1n) is 8.93. The van der Waals surface area contributed by atoms with Gasteiger partial charge in [-0.1, -0.05) is 47.6 Å². The summed E-state index contributed by atoms with van der Waals surface area (Å²) in [6.45, 7) is 4.32. The summed E-state index contributed by atoms with van der Waals surface area (Å²) in [5.41, 5.74) is 1.80. The number of carbonyl (C=O) groups excluding carboxylic acids is 1. The van der Waals surface area contributed by atoms with Crippen molar-refractivity contribution in [3.05, 3.63) is 77.6 Å². The maximum Gasteiger partial charge on any atom is 0.232 e. The molecule has 3 rings (SSSR count). The van der Waals surface area contributed by atoms with Crippen LogP contribution in [0.2, 0.25) is 5.02 Å². The predicted molar refractivity (Wildman–Crippen MR) is 117 cm³/mol. The average Bonchev–Trinajstić information content (AvgIpc) is 3.09. The van der Waals surface area contributed by atoms with Gasteiger partial charge in [0.1, 0.15) is 11.6 Å². The fraction of sp³-hybridized carbons (Fsp3) is 0.190. The van der Waals surface area contributed by atoms with Crippen LogP contribution in [0.4, 0.5) is 5.69 Å². The number of amides is 1. The zero-order chi connectivity index (χ0) is 20.6. The Morgan fingerprint density at radius 3 is 2.79 bits per heavy atom. The third-order valence-electron chi connectivity index (χ3n) is 4.06. The van der Waals surface area contributed by atoms with Crippen molar-refractivity contribution in [1.29, 1.82) is 0 Å². The van der Waals surface area contributed by atoms with Gasteiger partial charge >= 0.3 is 0 Å². The Morgan fingerprint density at radius 2 is 2.07 bits per heavy atom. The fourth-order valence-electron chi connectivity index (χ4n) is 2.65. The van der Waals surface area contributed by atoms with Crippen LogP contribution in [0.15, 0.2) is 66.3 Å². The Hall–Kier alpha value is -2.77. The summed E-state index contributed by atoms with van der Waals surface area (Å²) < 4.78 is 7.08. The van der Waals surface area contributed by atoms with Crippen LogP contribution < -0.4 is 10.1 Å². The Morgan fingerprint density at radius 1 is 1.28 bits per heavy atom. The monoisotopic (exact) mass is 428 g/mol. The van der Waals surface area contributed by atoms with Gasteiger partial charge in [-0.25, -0.2) is 0 Å². The molecule has 150 valence electrons. The third-order valence-corrected chi connectivity index (χ3v) is 5.35. The van der Waals surface area contributed by atoms with Crippen LogP contribution >= 0.6 is 23.4 Å². The molecule has 1 aromatic heterocycles. The van der Waals surface area contributed by atoms with Gasteiger partial charge in [0.05, 0.1) is 13.5 Å². The molecule has 0 aliphatic carbocycles. The first-order chi connectivity index (χ1) is 14.1. The van der Waals surface area contributed by atoms with E-state index in [-0.39, 0.29) is 12.3 Å². The lowest BCUT2D eigenvalue weighted by molar-refractivity contribution is -0.115. The Labute approximate surface area is 178 Å². The molecule has 8 heteroatoms. The number of ether oxygens (including phenoxy) is 1. The summed E-state index contributed by atoms with van der Waals surface area (Å²) in [4.78, 5) is 12.5. The summed E-state index contributed by atoms with van der Waals surface area (Å²) in [5, 5.41) is 12.8. The van der Waals surface area contributed by atoms with Crippen molar-refractivity contribution >= 4 is 35.0 Å². The minimum Gasteiger partial charge on any atom is -0.497 e. The molecule has 1 N–H and O–H groups in total. The van der Waals surface area contributed by atoms with Crippen molar-refractivity contribution < 1.29 is 9.53 Å². The van der Waals surface area contributed by atoms with Crippen LogP contribution in [0.25, 0.3) is 0 Å². The number of hydrogen-bond acceptors (Lipinski definition) is 5. The number of anilines is 1. The molecule has 1 amide bonds. The lowest BCUT2D eigenvalue weighted by atomic mass is 10.2. The summed E-state index contributed by atoms with van der Waals surface area (Å²) in [7, 11) is 1.59. The van der Waals surface area contributed by atoms with Crippen LogP contribution in [-0.4, -0.2) is 27.8 Å². The normalized spacial score (nSPS) is 10.6. The van der Waals surface area contributed by atoms with Crippen LogP contribution in [-0.2, 0) is 23.5 Å². The molecular formula is C21H21ClN4O2S. The van der Waals surface area contributed by atoms with E-state index in [4.69, 9.17) is 16.3 Å². The third kappa shape index (κ3) is 5.85. The first kappa shape index (κ1) is 21.0. The maximum atomic E-state index is 12.5. The van der Waals surface area contributed by atoms with Gasteiger partial charge in [-0.2, -0.15) is 0 Å². The van der Waals surface area contributed by atoms with Crippen molar-refractivity contribution in [2.75, 3.05) is 12.4 Å². The van der Waals surface area contributed by atoms with Crippen LogP contribution in [0.1, 0.15) is 11.4 Å². The second-order valence-corrected chi connectivity index (χ2v) is 7.55. The number of nitrogens with zero attached hydrogens (tertiary/aromatic N) is 3. The number of nitrogens with one attached hydrogen (secondary N) is 1. The van der Waals surface area contributed by atoms with Gasteiger partial charge in [-0.15, -0.1) is 16.8 Å². The topological polar surface area (TPSA) is 69.0 Å². The number of carbonyl (C=O) groups is 1. The number of rotatable bonds is 9. The lowest BCUT2D eigenvalue weighted by Crippen LogP contribution is -2.17. The second kappa shape index (κ2) is 10.1. The van der Waals surface area contributed by atoms with Crippen LogP contribution in [0.3, 0.4) is 0 Å². The standard InChI is InChI=1S/C21H21ClN4O2S/c1-3-11-26-19(13-20(27)23-17-5-4-6-18(12-17)28-2)24-25-21(26)29-14-15-7-9-16(22)10-8-15/h3-10,12H,1,11,13-14H2,2H3,(H,23,27). The number of thioether (sulfide) groups is 1. The van der Waals surface area contributed by atoms with E-state index in [1.807, 2.05) is 47.0 Å². The molecule has 0 aliphatic heterocycles. The number of methoxy groups -OCH3 is 1. The molecular weight excluding hydrogens is 408 g/mol. The van der Waals surface area contributed by atoms with E-state index in [2.05, 4.69) is 22.1 Å². The maximum absolute atomic E-state index is 12.5. The molecule has 0 fully saturated rings. The highest BCUT2D eigenvalue weighted by Crippen LogP contribution is 2.23. The molecule has 29 heavy (non-hydrogen) atoms. The average molecular weight is 429 g/mol. The number of hydrogen-bond donors (Lipinski definition) is 1. The van der Waals surface area contributed by atoms with Crippen molar-refractivity contribution in [2.45, 2.75) is 23.9 Å². The highest BCUT2D eigenvalue weighted by atomic mass is 35.5. The van der Waals surface area contributed by atoms with Crippen molar-refractivity contribution in [3.63, 3.8) is 0 Å². The molecule has 3 aromatic rings. The molecule has 0 radical (unpaired) electrons. The van der Waals surface area contributed by atoms with E-state index in [0.717, 1.165) is 16.5 Å². The van der Waals surface area contributed by atoms with Crippen molar-refractivity contribution in [3.8, 4) is 5.75 Å². The quantitative estimate of drug-likeness (QED) is 0.398. The number of halogens is 1. The highest BCUT2D eigenvalue weighted by Gasteiger charge is 2.15. The van der Waals surface area contributed by atoms with Crippen LogP contribution in [0, 0.1) is 0 Å². The minimum absolute atomic E-state index is 0.111. The smallest absolute Gasteiger partial charge is 0.232 e. The first-order valence-corrected chi connectivity index (χ1v) is 10.3. The lowest BCUT2D eigenvalue weighted by Gasteiger charge is -2.09. The van der Waals surface area contributed by atoms with Crippen molar-refractivity contribution in [2.24, 2.45) is 0 Å². The van der Waals surface area contributed by atoms with Gasteiger partial charge in [0, 0.05) is 29.1 Å². The predicted octanol–water partition coefficient (Wildman–Crippen LogP) is 4.60. The summed E-state index contributed by atoms with van der Waals surface area (Å²) in [6, 6.07) is 14.9. The molecule has 0 saturated heterocycles. The summed E-state index contributed by atoms with van der Waals surface area (Å²) in [5.74, 6) is 1.82. The van der Waals surface area contributed by atoms with Gasteiger partial charge in [-0.05, 0) is 29.8 Å². The van der Waals surface area contributed by atoms with Gasteiger partial charge in [0.25, 0.3) is 0 Å². The molecule has 0 saturated carbocycles. The molecule has 0 atom stereocenters. The molecule has 0 unspecified atom stereocenters. The van der Waals surface area contributed by atoms with E-state index in [0.29, 0.717) is 28.8 Å². The molecule has 6 nitrogen and oxygen atoms in total. The van der Waals surface area contributed by atoms with Crippen LogP contribution in [0.5, 0.6) is 5.75 Å². The summed E-state index contributed by atoms with van der Waals surface area (Å²) >= 11 is 7.49. The number of benzene rings is 2. The van der Waals surface area contributed by atoms with E-state index in [9.17, 15) is 4.79 Å². The highest BCUT2D eigenvalue weighted by molar-refractivity contribution is 7.98. The van der Waals surface area contributed by atoms with Gasteiger partial charge in [0.15, 0.2) is 5.16 Å². The minimum atomic E-state index is -0.176. The molecule has 0 spiro atoms. The molecule has 1 heterocycles.